The van der Waals surface area contributed by atoms with E-state index in [0.29, 0.717) is 25.2 Å². The van der Waals surface area contributed by atoms with Gasteiger partial charge in [-0.25, -0.2) is 13.8 Å². The van der Waals surface area contributed by atoms with Crippen LogP contribution in [0.5, 0.6) is 0 Å². The van der Waals surface area contributed by atoms with E-state index in [2.05, 4.69) is 15.6 Å². The van der Waals surface area contributed by atoms with Crippen LogP contribution in [0.15, 0.2) is 35.4 Å². The van der Waals surface area contributed by atoms with Crippen molar-refractivity contribution in [1.82, 2.24) is 14.9 Å². The van der Waals surface area contributed by atoms with Gasteiger partial charge in [-0.05, 0) is 50.1 Å². The summed E-state index contributed by atoms with van der Waals surface area (Å²) >= 11 is 12.5. The quantitative estimate of drug-likeness (QED) is 0.569. The number of anilines is 1. The van der Waals surface area contributed by atoms with Gasteiger partial charge < -0.3 is 10.6 Å². The van der Waals surface area contributed by atoms with Gasteiger partial charge in [-0.2, -0.15) is 0 Å². The lowest BCUT2D eigenvalue weighted by Gasteiger charge is -2.33. The second kappa shape index (κ2) is 7.18. The van der Waals surface area contributed by atoms with Crippen LogP contribution in [-0.4, -0.2) is 22.6 Å². The Bertz CT molecular complexity index is 1220. The predicted molar refractivity (Wildman–Crippen MR) is 113 cm³/mol. The van der Waals surface area contributed by atoms with E-state index < -0.39 is 17.2 Å². The zero-order valence-electron chi connectivity index (χ0n) is 15.8. The van der Waals surface area contributed by atoms with Gasteiger partial charge in [-0.3, -0.25) is 9.36 Å². The maximum Gasteiger partial charge on any atom is 0.261 e. The van der Waals surface area contributed by atoms with Crippen LogP contribution < -0.4 is 16.2 Å². The number of aromatic nitrogens is 2. The van der Waals surface area contributed by atoms with Crippen LogP contribution in [0.25, 0.3) is 10.9 Å². The van der Waals surface area contributed by atoms with Crippen molar-refractivity contribution >= 4 is 39.8 Å². The lowest BCUT2D eigenvalue weighted by Crippen LogP contribution is -2.39. The summed E-state index contributed by atoms with van der Waals surface area (Å²) in [6.07, 6.45) is 3.73. The number of nitrogens with one attached hydrogen (secondary N) is 2. The first-order chi connectivity index (χ1) is 14.4. The van der Waals surface area contributed by atoms with E-state index in [9.17, 15) is 13.6 Å². The molecule has 1 aromatic heterocycles. The summed E-state index contributed by atoms with van der Waals surface area (Å²) in [5.41, 5.74) is -0.622. The largest absolute Gasteiger partial charge is 0.374 e. The summed E-state index contributed by atoms with van der Waals surface area (Å²) < 4.78 is 31.2. The Kier molecular flexibility index (Phi) is 4.72. The molecule has 5 rings (SSSR count). The van der Waals surface area contributed by atoms with Crippen molar-refractivity contribution in [2.75, 3.05) is 18.4 Å². The fourth-order valence-electron chi connectivity index (χ4n) is 4.21. The number of benzene rings is 2. The van der Waals surface area contributed by atoms with Crippen LogP contribution in [-0.2, 0) is 5.54 Å². The second-order valence-electron chi connectivity index (χ2n) is 7.89. The average Bonchev–Trinajstić information content (AvgIpc) is 3.45. The third-order valence-electron chi connectivity index (χ3n) is 5.84. The summed E-state index contributed by atoms with van der Waals surface area (Å²) in [4.78, 5) is 17.0. The number of nitrogens with zero attached hydrogens (tertiary/aromatic N) is 2. The normalized spacial score (nSPS) is 21.3. The molecule has 0 radical (unpaired) electrons. The van der Waals surface area contributed by atoms with Crippen molar-refractivity contribution in [2.24, 2.45) is 0 Å². The summed E-state index contributed by atoms with van der Waals surface area (Å²) in [6, 6.07) is 5.64. The molecule has 1 saturated carbocycles. The molecule has 0 amide bonds. The summed E-state index contributed by atoms with van der Waals surface area (Å²) in [5.74, 6) is -1.12. The molecule has 5 nitrogen and oxygen atoms in total. The number of halogens is 4. The van der Waals surface area contributed by atoms with Crippen molar-refractivity contribution in [3.05, 3.63) is 68.2 Å². The van der Waals surface area contributed by atoms with E-state index in [1.54, 1.807) is 10.6 Å². The molecule has 2 aliphatic rings. The Morgan fingerprint density at radius 1 is 1.20 bits per heavy atom. The van der Waals surface area contributed by atoms with Crippen LogP contribution >= 0.6 is 23.2 Å². The zero-order valence-corrected chi connectivity index (χ0v) is 17.3. The van der Waals surface area contributed by atoms with E-state index in [4.69, 9.17) is 23.2 Å². The molecule has 1 unspecified atom stereocenters. The maximum absolute atomic E-state index is 14.8. The van der Waals surface area contributed by atoms with Gasteiger partial charge in [-0.1, -0.05) is 23.2 Å². The third kappa shape index (κ3) is 3.16. The van der Waals surface area contributed by atoms with Crippen molar-refractivity contribution in [2.45, 2.75) is 30.8 Å². The molecule has 2 heterocycles. The SMILES string of the molecule is O=c1c2cc(NC3(c4c(F)ccc(Cl)c4Cl)CCNC3)cc(F)c2ncn1C1CC1. The van der Waals surface area contributed by atoms with Gasteiger partial charge in [0.25, 0.3) is 5.56 Å². The first kappa shape index (κ1) is 19.7. The molecule has 30 heavy (non-hydrogen) atoms. The Morgan fingerprint density at radius 2 is 2.00 bits per heavy atom. The van der Waals surface area contributed by atoms with E-state index in [1.807, 2.05) is 0 Å². The molecule has 1 atom stereocenters. The zero-order chi connectivity index (χ0) is 21.0. The summed E-state index contributed by atoms with van der Waals surface area (Å²) in [7, 11) is 0. The Balaban J connectivity index is 1.64. The highest BCUT2D eigenvalue weighted by Gasteiger charge is 2.40. The maximum atomic E-state index is 14.8. The van der Waals surface area contributed by atoms with E-state index in [0.717, 1.165) is 12.8 Å². The van der Waals surface area contributed by atoms with Gasteiger partial charge in [-0.15, -0.1) is 0 Å². The minimum Gasteiger partial charge on any atom is -0.374 e. The number of fused-ring (bicyclic) bond motifs is 1. The molecular weight excluding hydrogens is 433 g/mol. The molecule has 2 aromatic carbocycles. The smallest absolute Gasteiger partial charge is 0.261 e. The Hall–Kier alpha value is -2.22. The molecule has 3 aromatic rings. The van der Waals surface area contributed by atoms with Crippen LogP contribution in [0.2, 0.25) is 10.0 Å². The van der Waals surface area contributed by atoms with E-state index in [1.165, 1.54) is 24.5 Å². The highest BCUT2D eigenvalue weighted by molar-refractivity contribution is 6.42. The molecule has 2 fully saturated rings. The minimum atomic E-state index is -0.941. The Labute approximate surface area is 181 Å². The van der Waals surface area contributed by atoms with Crippen molar-refractivity contribution in [3.63, 3.8) is 0 Å². The third-order valence-corrected chi connectivity index (χ3v) is 6.65. The van der Waals surface area contributed by atoms with Gasteiger partial charge in [0.15, 0.2) is 5.82 Å². The molecular formula is C21H18Cl2F2N4O. The molecule has 1 aliphatic heterocycles. The average molecular weight is 451 g/mol. The van der Waals surface area contributed by atoms with Crippen LogP contribution in [0.1, 0.15) is 30.9 Å². The van der Waals surface area contributed by atoms with Crippen molar-refractivity contribution in [3.8, 4) is 0 Å². The molecule has 0 spiro atoms. The van der Waals surface area contributed by atoms with Gasteiger partial charge >= 0.3 is 0 Å². The minimum absolute atomic E-state index is 0.0213. The monoisotopic (exact) mass is 450 g/mol. The topological polar surface area (TPSA) is 59.0 Å². The molecule has 2 N–H and O–H groups in total. The lowest BCUT2D eigenvalue weighted by atomic mass is 9.87. The molecule has 0 bridgehead atoms. The van der Waals surface area contributed by atoms with Crippen LogP contribution in [0.4, 0.5) is 14.5 Å². The second-order valence-corrected chi connectivity index (χ2v) is 8.68. The van der Waals surface area contributed by atoms with Crippen molar-refractivity contribution < 1.29 is 8.78 Å². The fraction of sp³-hybridized carbons (Fsp3) is 0.333. The fourth-order valence-corrected chi connectivity index (χ4v) is 4.70. The van der Waals surface area contributed by atoms with Gasteiger partial charge in [0.1, 0.15) is 11.3 Å². The number of hydrogen-bond donors (Lipinski definition) is 2. The first-order valence-corrected chi connectivity index (χ1v) is 10.5. The van der Waals surface area contributed by atoms with Crippen molar-refractivity contribution in [1.29, 1.82) is 0 Å². The standard InChI is InChI=1S/C21H18Cl2F2N4O/c22-14-3-4-15(24)17(18(14)23)21(5-6-26-9-21)28-11-7-13-19(16(25)8-11)27-10-29(20(13)30)12-1-2-12/h3-4,7-8,10,12,26,28H,1-2,5-6,9H2. The molecule has 9 heteroatoms. The molecule has 1 aliphatic carbocycles. The highest BCUT2D eigenvalue weighted by atomic mass is 35.5. The highest BCUT2D eigenvalue weighted by Crippen LogP contribution is 2.41. The van der Waals surface area contributed by atoms with Gasteiger partial charge in [0, 0.05) is 23.8 Å². The number of hydrogen-bond acceptors (Lipinski definition) is 4. The Morgan fingerprint density at radius 3 is 2.70 bits per heavy atom. The lowest BCUT2D eigenvalue weighted by molar-refractivity contribution is 0.495. The molecule has 1 saturated heterocycles. The summed E-state index contributed by atoms with van der Waals surface area (Å²) in [6.45, 7) is 0.977. The summed E-state index contributed by atoms with van der Waals surface area (Å²) in [5, 5.41) is 6.98. The molecule has 156 valence electrons. The predicted octanol–water partition coefficient (Wildman–Crippen LogP) is 4.62. The van der Waals surface area contributed by atoms with E-state index in [-0.39, 0.29) is 38.1 Å². The van der Waals surface area contributed by atoms with Crippen LogP contribution in [0, 0.1) is 11.6 Å². The number of rotatable bonds is 4. The van der Waals surface area contributed by atoms with Crippen LogP contribution in [0.3, 0.4) is 0 Å². The first-order valence-electron chi connectivity index (χ1n) is 9.73. The van der Waals surface area contributed by atoms with Gasteiger partial charge in [0.2, 0.25) is 0 Å². The van der Waals surface area contributed by atoms with Gasteiger partial charge in [0.05, 0.1) is 27.3 Å². The van der Waals surface area contributed by atoms with E-state index >= 15 is 0 Å².